The summed E-state index contributed by atoms with van der Waals surface area (Å²) in [7, 11) is 0. The van der Waals surface area contributed by atoms with Crippen LogP contribution in [0.5, 0.6) is 0 Å². The molecule has 0 atom stereocenters. The lowest BCUT2D eigenvalue weighted by Crippen LogP contribution is -2.20. The van der Waals surface area contributed by atoms with Gasteiger partial charge in [0.05, 0.1) is 17.6 Å². The molecule has 0 fully saturated rings. The number of amidine groups is 1. The molecule has 0 saturated carbocycles. The van der Waals surface area contributed by atoms with Gasteiger partial charge >= 0.3 is 0 Å². The number of nitrogens with one attached hydrogen (secondary N) is 2. The third-order valence-corrected chi connectivity index (χ3v) is 2.54. The first-order valence-corrected chi connectivity index (χ1v) is 5.08. The minimum absolute atomic E-state index is 0.839. The fourth-order valence-corrected chi connectivity index (χ4v) is 1.79. The van der Waals surface area contributed by atoms with Crippen LogP contribution in [0.25, 0.3) is 11.0 Å². The van der Waals surface area contributed by atoms with E-state index in [1.165, 1.54) is 5.56 Å². The first-order chi connectivity index (χ1) is 7.33. The molecular formula is C11H12N4. The number of aryl methyl sites for hydroxylation is 1. The molecule has 76 valence electrons. The van der Waals surface area contributed by atoms with Crippen molar-refractivity contribution in [1.29, 1.82) is 0 Å². The second-order valence-corrected chi connectivity index (χ2v) is 3.76. The predicted octanol–water partition coefficient (Wildman–Crippen LogP) is 1.22. The van der Waals surface area contributed by atoms with E-state index in [4.69, 9.17) is 0 Å². The molecule has 4 heteroatoms. The molecule has 2 N–H and O–H groups in total. The van der Waals surface area contributed by atoms with Crippen molar-refractivity contribution >= 4 is 16.9 Å². The average Bonchev–Trinajstić information content (AvgIpc) is 2.84. The van der Waals surface area contributed by atoms with Crippen molar-refractivity contribution in [3.8, 4) is 0 Å². The molecule has 0 radical (unpaired) electrons. The Labute approximate surface area is 87.4 Å². The molecule has 2 aromatic rings. The topological polar surface area (TPSA) is 53.1 Å². The first kappa shape index (κ1) is 8.47. The number of rotatable bonds is 1. The van der Waals surface area contributed by atoms with Gasteiger partial charge in [0.25, 0.3) is 0 Å². The van der Waals surface area contributed by atoms with Crippen LogP contribution >= 0.6 is 0 Å². The van der Waals surface area contributed by atoms with Crippen LogP contribution in [0.2, 0.25) is 0 Å². The molecule has 1 aromatic heterocycles. The fraction of sp³-hybridized carbons (Fsp3) is 0.273. The Morgan fingerprint density at radius 3 is 3.07 bits per heavy atom. The quantitative estimate of drug-likeness (QED) is 0.727. The van der Waals surface area contributed by atoms with Crippen molar-refractivity contribution in [2.24, 2.45) is 4.99 Å². The van der Waals surface area contributed by atoms with Gasteiger partial charge < -0.3 is 10.3 Å². The summed E-state index contributed by atoms with van der Waals surface area (Å²) < 4.78 is 0. The Kier molecular flexibility index (Phi) is 1.74. The minimum Gasteiger partial charge on any atom is -0.365 e. The molecule has 1 aromatic carbocycles. The van der Waals surface area contributed by atoms with Gasteiger partial charge in [-0.3, -0.25) is 4.99 Å². The lowest BCUT2D eigenvalue weighted by Gasteiger charge is -1.94. The lowest BCUT2D eigenvalue weighted by atomic mass is 10.2. The molecule has 1 aliphatic heterocycles. The summed E-state index contributed by atoms with van der Waals surface area (Å²) in [6, 6.07) is 6.19. The molecule has 2 heterocycles. The Morgan fingerprint density at radius 1 is 1.33 bits per heavy atom. The molecule has 3 rings (SSSR count). The summed E-state index contributed by atoms with van der Waals surface area (Å²) in [5, 5.41) is 3.20. The number of aliphatic imine (C=N–C) groups is 1. The van der Waals surface area contributed by atoms with Gasteiger partial charge in [0.15, 0.2) is 11.7 Å². The molecular weight excluding hydrogens is 188 g/mol. The Balaban J connectivity index is 2.13. The maximum atomic E-state index is 4.49. The standard InChI is InChI=1S/C11H12N4/c1-7-2-3-8-9(6-7)15-11(14-8)10-12-4-5-13-10/h2-3,6H,4-5H2,1H3,(H,12,13)(H,14,15). The molecule has 0 spiro atoms. The fourth-order valence-electron chi connectivity index (χ4n) is 1.79. The van der Waals surface area contributed by atoms with Gasteiger partial charge in [-0.15, -0.1) is 0 Å². The first-order valence-electron chi connectivity index (χ1n) is 5.08. The molecule has 4 nitrogen and oxygen atoms in total. The largest absolute Gasteiger partial charge is 0.365 e. The number of aromatic nitrogens is 2. The third kappa shape index (κ3) is 1.38. The maximum absolute atomic E-state index is 4.49. The number of fused-ring (bicyclic) bond motifs is 1. The van der Waals surface area contributed by atoms with E-state index in [0.29, 0.717) is 0 Å². The summed E-state index contributed by atoms with van der Waals surface area (Å²) >= 11 is 0. The summed E-state index contributed by atoms with van der Waals surface area (Å²) in [5.41, 5.74) is 3.30. The van der Waals surface area contributed by atoms with Crippen LogP contribution in [-0.4, -0.2) is 28.9 Å². The Hall–Kier alpha value is -1.84. The molecule has 0 saturated heterocycles. The highest BCUT2D eigenvalue weighted by molar-refractivity contribution is 5.99. The number of imidazole rings is 1. The van der Waals surface area contributed by atoms with Crippen LogP contribution < -0.4 is 5.32 Å². The van der Waals surface area contributed by atoms with Crippen molar-refractivity contribution < 1.29 is 0 Å². The highest BCUT2D eigenvalue weighted by Gasteiger charge is 2.12. The van der Waals surface area contributed by atoms with Crippen LogP contribution in [0.3, 0.4) is 0 Å². The van der Waals surface area contributed by atoms with Gasteiger partial charge in [-0.1, -0.05) is 6.07 Å². The zero-order valence-electron chi connectivity index (χ0n) is 8.54. The van der Waals surface area contributed by atoms with E-state index in [1.54, 1.807) is 0 Å². The average molecular weight is 200 g/mol. The van der Waals surface area contributed by atoms with Crippen LogP contribution in [0, 0.1) is 6.92 Å². The van der Waals surface area contributed by atoms with Crippen LogP contribution in [0.4, 0.5) is 0 Å². The van der Waals surface area contributed by atoms with Gasteiger partial charge in [-0.25, -0.2) is 4.98 Å². The minimum atomic E-state index is 0.839. The van der Waals surface area contributed by atoms with Gasteiger partial charge in [-0.05, 0) is 24.6 Å². The molecule has 15 heavy (non-hydrogen) atoms. The van der Waals surface area contributed by atoms with E-state index < -0.39 is 0 Å². The monoisotopic (exact) mass is 200 g/mol. The number of nitrogens with zero attached hydrogens (tertiary/aromatic N) is 2. The Bertz CT molecular complexity index is 539. The Morgan fingerprint density at radius 2 is 2.27 bits per heavy atom. The summed E-state index contributed by atoms with van der Waals surface area (Å²) in [5.74, 6) is 1.72. The van der Waals surface area contributed by atoms with E-state index in [0.717, 1.165) is 35.8 Å². The second-order valence-electron chi connectivity index (χ2n) is 3.76. The third-order valence-electron chi connectivity index (χ3n) is 2.54. The van der Waals surface area contributed by atoms with E-state index in [9.17, 15) is 0 Å². The van der Waals surface area contributed by atoms with E-state index >= 15 is 0 Å². The summed E-state index contributed by atoms with van der Waals surface area (Å²) in [4.78, 5) is 12.1. The van der Waals surface area contributed by atoms with Crippen LogP contribution in [0.1, 0.15) is 11.4 Å². The van der Waals surface area contributed by atoms with Crippen molar-refractivity contribution in [1.82, 2.24) is 15.3 Å². The number of benzene rings is 1. The number of H-pyrrole nitrogens is 1. The number of aromatic amines is 1. The summed E-state index contributed by atoms with van der Waals surface area (Å²) in [6.07, 6.45) is 0. The lowest BCUT2D eigenvalue weighted by molar-refractivity contribution is 0.957. The van der Waals surface area contributed by atoms with Crippen molar-refractivity contribution in [3.63, 3.8) is 0 Å². The number of hydrogen-bond acceptors (Lipinski definition) is 3. The zero-order valence-corrected chi connectivity index (χ0v) is 8.54. The van der Waals surface area contributed by atoms with Crippen LogP contribution in [0.15, 0.2) is 23.2 Å². The zero-order chi connectivity index (χ0) is 10.3. The number of hydrogen-bond donors (Lipinski definition) is 2. The highest BCUT2D eigenvalue weighted by Crippen LogP contribution is 2.13. The molecule has 0 amide bonds. The predicted molar refractivity (Wildman–Crippen MR) is 60.2 cm³/mol. The SMILES string of the molecule is Cc1ccc2nc(C3=NCCN3)[nH]c2c1. The summed E-state index contributed by atoms with van der Waals surface area (Å²) in [6.45, 7) is 3.82. The second kappa shape index (κ2) is 3.08. The van der Waals surface area contributed by atoms with Gasteiger partial charge in [0.2, 0.25) is 0 Å². The van der Waals surface area contributed by atoms with Gasteiger partial charge in [0.1, 0.15) is 0 Å². The highest BCUT2D eigenvalue weighted by atomic mass is 15.1. The smallest absolute Gasteiger partial charge is 0.173 e. The van der Waals surface area contributed by atoms with Gasteiger partial charge in [0, 0.05) is 6.54 Å². The molecule has 1 aliphatic rings. The van der Waals surface area contributed by atoms with Crippen LogP contribution in [-0.2, 0) is 0 Å². The molecule has 0 bridgehead atoms. The van der Waals surface area contributed by atoms with Crippen molar-refractivity contribution in [2.45, 2.75) is 6.92 Å². The van der Waals surface area contributed by atoms with E-state index in [1.807, 2.05) is 6.07 Å². The molecule has 0 aliphatic carbocycles. The normalized spacial score (nSPS) is 15.4. The maximum Gasteiger partial charge on any atom is 0.173 e. The van der Waals surface area contributed by atoms with E-state index in [-0.39, 0.29) is 0 Å². The molecule has 0 unspecified atom stereocenters. The van der Waals surface area contributed by atoms with E-state index in [2.05, 4.69) is 39.3 Å². The van der Waals surface area contributed by atoms with Gasteiger partial charge in [-0.2, -0.15) is 0 Å². The van der Waals surface area contributed by atoms with Crippen molar-refractivity contribution in [2.75, 3.05) is 13.1 Å². The van der Waals surface area contributed by atoms with Crippen molar-refractivity contribution in [3.05, 3.63) is 29.6 Å².